The van der Waals surface area contributed by atoms with E-state index >= 15 is 0 Å². The Kier molecular flexibility index (Phi) is 3.36. The number of esters is 1. The predicted octanol–water partition coefficient (Wildman–Crippen LogP) is 2.74. The maximum Gasteiger partial charge on any atom is 0.322 e. The van der Waals surface area contributed by atoms with Crippen LogP contribution in [0.1, 0.15) is 52.4 Å². The molecule has 0 aromatic rings. The quantitative estimate of drug-likeness (QED) is 0.794. The minimum Gasteiger partial charge on any atom is -0.468 e. The average Bonchev–Trinajstić information content (AvgIpc) is 2.36. The van der Waals surface area contributed by atoms with Crippen molar-refractivity contribution in [1.29, 1.82) is 0 Å². The summed E-state index contributed by atoms with van der Waals surface area (Å²) in [5.41, 5.74) is 0.455. The van der Waals surface area contributed by atoms with Gasteiger partial charge in [0.15, 0.2) is 0 Å². The number of ether oxygens (including phenoxy) is 1. The Hall–Kier alpha value is -0.570. The molecule has 0 aromatic carbocycles. The van der Waals surface area contributed by atoms with Gasteiger partial charge in [-0.05, 0) is 75.5 Å². The number of hydrogen-bond acceptors (Lipinski definition) is 3. The fourth-order valence-corrected chi connectivity index (χ4v) is 5.50. The Bertz CT molecular complexity index is 330. The second-order valence-electron chi connectivity index (χ2n) is 7.41. The fraction of sp³-hybridized carbons (Fsp3) is 0.938. The Morgan fingerprint density at radius 3 is 2.00 bits per heavy atom. The number of hydrogen-bond donors (Lipinski definition) is 1. The van der Waals surface area contributed by atoms with E-state index in [1.807, 2.05) is 6.92 Å². The van der Waals surface area contributed by atoms with Gasteiger partial charge in [0.1, 0.15) is 6.04 Å². The molecule has 4 rings (SSSR count). The largest absolute Gasteiger partial charge is 0.468 e. The second-order valence-corrected chi connectivity index (χ2v) is 7.41. The van der Waals surface area contributed by atoms with Gasteiger partial charge < -0.3 is 10.1 Å². The Morgan fingerprint density at radius 2 is 1.58 bits per heavy atom. The first kappa shape index (κ1) is 13.4. The molecule has 4 aliphatic rings. The SMILES string of the molecule is COC(=O)[C@H](C)NC(C)C12CC3CC(CC(C3)C1)C2. The predicted molar refractivity (Wildman–Crippen MR) is 74.7 cm³/mol. The van der Waals surface area contributed by atoms with Gasteiger partial charge in [-0.15, -0.1) is 0 Å². The van der Waals surface area contributed by atoms with E-state index in [1.54, 1.807) is 0 Å². The van der Waals surface area contributed by atoms with Gasteiger partial charge in [0.05, 0.1) is 7.11 Å². The molecule has 4 aliphatic carbocycles. The normalized spacial score (nSPS) is 43.0. The summed E-state index contributed by atoms with van der Waals surface area (Å²) in [4.78, 5) is 11.6. The topological polar surface area (TPSA) is 38.3 Å². The molecule has 4 bridgehead atoms. The molecule has 1 N–H and O–H groups in total. The van der Waals surface area contributed by atoms with Crippen LogP contribution in [0.2, 0.25) is 0 Å². The van der Waals surface area contributed by atoms with E-state index in [9.17, 15) is 4.79 Å². The third-order valence-corrected chi connectivity index (χ3v) is 6.06. The average molecular weight is 265 g/mol. The van der Waals surface area contributed by atoms with E-state index in [4.69, 9.17) is 4.74 Å². The molecule has 19 heavy (non-hydrogen) atoms. The lowest BCUT2D eigenvalue weighted by molar-refractivity contribution is -0.143. The summed E-state index contributed by atoms with van der Waals surface area (Å²) in [7, 11) is 1.47. The van der Waals surface area contributed by atoms with E-state index in [0.717, 1.165) is 17.8 Å². The van der Waals surface area contributed by atoms with E-state index in [-0.39, 0.29) is 12.0 Å². The molecule has 4 saturated carbocycles. The summed E-state index contributed by atoms with van der Waals surface area (Å²) in [6.45, 7) is 4.20. The summed E-state index contributed by atoms with van der Waals surface area (Å²) in [6.07, 6.45) is 8.54. The highest BCUT2D eigenvalue weighted by atomic mass is 16.5. The van der Waals surface area contributed by atoms with Crippen LogP contribution in [0.5, 0.6) is 0 Å². The van der Waals surface area contributed by atoms with Gasteiger partial charge in [-0.3, -0.25) is 4.79 Å². The smallest absolute Gasteiger partial charge is 0.322 e. The maximum absolute atomic E-state index is 11.6. The van der Waals surface area contributed by atoms with Gasteiger partial charge in [-0.1, -0.05) is 0 Å². The minimum atomic E-state index is -0.187. The van der Waals surface area contributed by atoms with Crippen LogP contribution in [0.3, 0.4) is 0 Å². The summed E-state index contributed by atoms with van der Waals surface area (Å²) in [5.74, 6) is 2.74. The Labute approximate surface area is 116 Å². The van der Waals surface area contributed by atoms with Crippen molar-refractivity contribution >= 4 is 5.97 Å². The molecule has 0 aliphatic heterocycles. The lowest BCUT2D eigenvalue weighted by Gasteiger charge is -2.59. The fourth-order valence-electron chi connectivity index (χ4n) is 5.50. The van der Waals surface area contributed by atoms with Crippen molar-refractivity contribution in [3.05, 3.63) is 0 Å². The van der Waals surface area contributed by atoms with Crippen molar-refractivity contribution in [1.82, 2.24) is 5.32 Å². The second kappa shape index (κ2) is 4.76. The Morgan fingerprint density at radius 1 is 1.11 bits per heavy atom. The highest BCUT2D eigenvalue weighted by Crippen LogP contribution is 2.61. The van der Waals surface area contributed by atoms with Gasteiger partial charge >= 0.3 is 5.97 Å². The minimum absolute atomic E-state index is 0.142. The molecule has 2 atom stereocenters. The first-order chi connectivity index (χ1) is 9.02. The molecule has 1 unspecified atom stereocenters. The third kappa shape index (κ3) is 2.31. The van der Waals surface area contributed by atoms with Crippen LogP contribution in [0.15, 0.2) is 0 Å². The standard InChI is InChI=1S/C16H27NO2/c1-10(15(18)19-3)17-11(2)16-7-12-4-13(8-16)6-14(5-12)9-16/h10-14,17H,4-9H2,1-3H3/t10-,11?,12?,13?,14?,16?/m0/s1. The zero-order chi connectivity index (χ0) is 13.6. The van der Waals surface area contributed by atoms with Crippen molar-refractivity contribution < 1.29 is 9.53 Å². The molecule has 0 spiro atoms. The molecule has 0 heterocycles. The first-order valence-corrected chi connectivity index (χ1v) is 7.86. The van der Waals surface area contributed by atoms with Crippen molar-refractivity contribution in [2.45, 2.75) is 64.5 Å². The summed E-state index contributed by atoms with van der Waals surface area (Å²) < 4.78 is 4.83. The van der Waals surface area contributed by atoms with Crippen molar-refractivity contribution in [2.24, 2.45) is 23.2 Å². The van der Waals surface area contributed by atoms with Crippen LogP contribution in [0, 0.1) is 23.2 Å². The third-order valence-electron chi connectivity index (χ3n) is 6.06. The van der Waals surface area contributed by atoms with Crippen LogP contribution >= 0.6 is 0 Å². The van der Waals surface area contributed by atoms with Gasteiger partial charge in [0, 0.05) is 6.04 Å². The highest BCUT2D eigenvalue weighted by Gasteiger charge is 2.53. The molecular formula is C16H27NO2. The number of rotatable bonds is 4. The highest BCUT2D eigenvalue weighted by molar-refractivity contribution is 5.75. The number of carbonyl (C=O) groups excluding carboxylic acids is 1. The van der Waals surface area contributed by atoms with Gasteiger partial charge in [-0.25, -0.2) is 0 Å². The van der Waals surface area contributed by atoms with Crippen LogP contribution in [-0.2, 0) is 9.53 Å². The lowest BCUT2D eigenvalue weighted by atomic mass is 9.48. The first-order valence-electron chi connectivity index (χ1n) is 7.86. The van der Waals surface area contributed by atoms with Crippen LogP contribution < -0.4 is 5.32 Å². The molecule has 0 amide bonds. The lowest BCUT2D eigenvalue weighted by Crippen LogP contribution is -2.57. The van der Waals surface area contributed by atoms with Crippen molar-refractivity contribution in [2.75, 3.05) is 7.11 Å². The number of carbonyl (C=O) groups is 1. The van der Waals surface area contributed by atoms with Crippen molar-refractivity contribution in [3.8, 4) is 0 Å². The van der Waals surface area contributed by atoms with Crippen molar-refractivity contribution in [3.63, 3.8) is 0 Å². The monoisotopic (exact) mass is 265 g/mol. The zero-order valence-electron chi connectivity index (χ0n) is 12.4. The molecule has 0 aromatic heterocycles. The molecule has 3 nitrogen and oxygen atoms in total. The summed E-state index contributed by atoms with van der Waals surface area (Å²) >= 11 is 0. The van der Waals surface area contributed by atoms with Gasteiger partial charge in [0.2, 0.25) is 0 Å². The Balaban J connectivity index is 1.69. The summed E-state index contributed by atoms with van der Waals surface area (Å²) in [5, 5.41) is 3.51. The van der Waals surface area contributed by atoms with E-state index in [2.05, 4.69) is 12.2 Å². The molecule has 3 heteroatoms. The van der Waals surface area contributed by atoms with E-state index in [0.29, 0.717) is 11.5 Å². The van der Waals surface area contributed by atoms with Crippen LogP contribution in [0.4, 0.5) is 0 Å². The van der Waals surface area contributed by atoms with E-state index < -0.39 is 0 Å². The van der Waals surface area contributed by atoms with Crippen LogP contribution in [0.25, 0.3) is 0 Å². The molecule has 0 radical (unpaired) electrons. The number of methoxy groups -OCH3 is 1. The molecule has 0 saturated heterocycles. The van der Waals surface area contributed by atoms with Gasteiger partial charge in [-0.2, -0.15) is 0 Å². The van der Waals surface area contributed by atoms with E-state index in [1.165, 1.54) is 45.6 Å². The van der Waals surface area contributed by atoms with Gasteiger partial charge in [0.25, 0.3) is 0 Å². The maximum atomic E-state index is 11.6. The van der Waals surface area contributed by atoms with Crippen LogP contribution in [-0.4, -0.2) is 25.2 Å². The summed E-state index contributed by atoms with van der Waals surface area (Å²) in [6, 6.07) is 0.239. The molecule has 4 fully saturated rings. The molecular weight excluding hydrogens is 238 g/mol. The zero-order valence-corrected chi connectivity index (χ0v) is 12.4. The number of nitrogens with one attached hydrogen (secondary N) is 1. The molecule has 108 valence electrons.